The van der Waals surface area contributed by atoms with Crippen LogP contribution in [0.1, 0.15) is 31.9 Å². The molecule has 7 heteroatoms. The lowest BCUT2D eigenvalue weighted by atomic mass is 9.93. The largest absolute Gasteiger partial charge is 0.573 e. The summed E-state index contributed by atoms with van der Waals surface area (Å²) >= 11 is 3.16. The zero-order valence-corrected chi connectivity index (χ0v) is 12.9. The van der Waals surface area contributed by atoms with Crippen LogP contribution in [0.2, 0.25) is 0 Å². The fourth-order valence-corrected chi connectivity index (χ4v) is 2.04. The fourth-order valence-electron chi connectivity index (χ4n) is 1.55. The summed E-state index contributed by atoms with van der Waals surface area (Å²) in [5, 5.41) is 0. The van der Waals surface area contributed by atoms with E-state index in [0.717, 1.165) is 6.42 Å². The molecule has 0 aliphatic carbocycles. The minimum atomic E-state index is -4.70. The first-order valence-corrected chi connectivity index (χ1v) is 6.34. The number of rotatable bonds is 4. The molecule has 1 unspecified atom stereocenters. The molecule has 0 bridgehead atoms. The number of hydrogen-bond acceptors (Lipinski definition) is 2. The van der Waals surface area contributed by atoms with Gasteiger partial charge in [-0.1, -0.05) is 36.2 Å². The number of alkyl halides is 3. The van der Waals surface area contributed by atoms with Crippen LogP contribution in [0.5, 0.6) is 5.75 Å². The number of halogens is 5. The standard InChI is InChI=1S/C12H15BrF3NO.ClH/c1-3-7(2)11(17)8-4-9(13)6-10(5-8)18-12(14,15)16;/h4-7,11H,3,17H2,1-2H3;1H/t7?,11-;/m1./s1. The van der Waals surface area contributed by atoms with E-state index in [1.807, 2.05) is 13.8 Å². The lowest BCUT2D eigenvalue weighted by Crippen LogP contribution is -2.20. The molecule has 0 fully saturated rings. The van der Waals surface area contributed by atoms with Gasteiger partial charge in [-0.05, 0) is 29.7 Å². The lowest BCUT2D eigenvalue weighted by molar-refractivity contribution is -0.274. The van der Waals surface area contributed by atoms with Crippen molar-refractivity contribution < 1.29 is 17.9 Å². The van der Waals surface area contributed by atoms with Gasteiger partial charge < -0.3 is 10.5 Å². The molecule has 0 aromatic heterocycles. The van der Waals surface area contributed by atoms with Gasteiger partial charge in [-0.25, -0.2) is 0 Å². The van der Waals surface area contributed by atoms with Crippen molar-refractivity contribution in [1.29, 1.82) is 0 Å². The van der Waals surface area contributed by atoms with E-state index in [9.17, 15) is 13.2 Å². The molecule has 0 aliphatic heterocycles. The Balaban J connectivity index is 0.00000324. The Morgan fingerprint density at radius 2 is 1.89 bits per heavy atom. The Morgan fingerprint density at radius 3 is 2.37 bits per heavy atom. The third-order valence-corrected chi connectivity index (χ3v) is 3.23. The summed E-state index contributed by atoms with van der Waals surface area (Å²) in [6, 6.07) is 3.98. The zero-order valence-electron chi connectivity index (χ0n) is 10.5. The van der Waals surface area contributed by atoms with E-state index in [4.69, 9.17) is 5.73 Å². The Hall–Kier alpha value is -0.460. The second-order valence-corrected chi connectivity index (χ2v) is 5.10. The van der Waals surface area contributed by atoms with Gasteiger partial charge in [0.1, 0.15) is 5.75 Å². The SMILES string of the molecule is CCC(C)[C@@H](N)c1cc(Br)cc(OC(F)(F)F)c1.Cl. The van der Waals surface area contributed by atoms with Crippen LogP contribution in [-0.4, -0.2) is 6.36 Å². The molecule has 1 rings (SSSR count). The quantitative estimate of drug-likeness (QED) is 0.834. The number of ether oxygens (including phenoxy) is 1. The number of nitrogens with two attached hydrogens (primary N) is 1. The predicted molar refractivity (Wildman–Crippen MR) is 74.5 cm³/mol. The Morgan fingerprint density at radius 1 is 1.32 bits per heavy atom. The molecule has 2 N–H and O–H groups in total. The fraction of sp³-hybridized carbons (Fsp3) is 0.500. The van der Waals surface area contributed by atoms with Crippen molar-refractivity contribution in [1.82, 2.24) is 0 Å². The van der Waals surface area contributed by atoms with Gasteiger partial charge in [-0.2, -0.15) is 0 Å². The van der Waals surface area contributed by atoms with Crippen molar-refractivity contribution in [3.05, 3.63) is 28.2 Å². The van der Waals surface area contributed by atoms with Gasteiger partial charge >= 0.3 is 6.36 Å². The summed E-state index contributed by atoms with van der Waals surface area (Å²) in [7, 11) is 0. The summed E-state index contributed by atoms with van der Waals surface area (Å²) in [6.45, 7) is 3.94. The average Bonchev–Trinajstić information content (AvgIpc) is 2.23. The molecule has 0 saturated heterocycles. The van der Waals surface area contributed by atoms with Crippen LogP contribution >= 0.6 is 28.3 Å². The first-order chi connectivity index (χ1) is 8.23. The number of hydrogen-bond donors (Lipinski definition) is 1. The second kappa shape index (κ2) is 7.36. The van der Waals surface area contributed by atoms with E-state index < -0.39 is 6.36 Å². The molecule has 0 aliphatic rings. The molecule has 110 valence electrons. The monoisotopic (exact) mass is 361 g/mol. The van der Waals surface area contributed by atoms with Crippen molar-refractivity contribution in [2.45, 2.75) is 32.7 Å². The zero-order chi connectivity index (χ0) is 13.9. The van der Waals surface area contributed by atoms with Crippen molar-refractivity contribution in [2.75, 3.05) is 0 Å². The first kappa shape index (κ1) is 18.5. The van der Waals surface area contributed by atoms with E-state index in [-0.39, 0.29) is 30.1 Å². The summed E-state index contributed by atoms with van der Waals surface area (Å²) in [4.78, 5) is 0. The minimum absolute atomic E-state index is 0. The third-order valence-electron chi connectivity index (χ3n) is 2.77. The van der Waals surface area contributed by atoms with Gasteiger partial charge in [0.05, 0.1) is 0 Å². The molecular formula is C12H16BrClF3NO. The highest BCUT2D eigenvalue weighted by molar-refractivity contribution is 9.10. The highest BCUT2D eigenvalue weighted by Crippen LogP contribution is 2.31. The van der Waals surface area contributed by atoms with Gasteiger partial charge in [-0.15, -0.1) is 25.6 Å². The van der Waals surface area contributed by atoms with Gasteiger partial charge in [0.15, 0.2) is 0 Å². The van der Waals surface area contributed by atoms with Crippen molar-refractivity contribution in [3.8, 4) is 5.75 Å². The van der Waals surface area contributed by atoms with Crippen LogP contribution in [-0.2, 0) is 0 Å². The highest BCUT2D eigenvalue weighted by Gasteiger charge is 2.31. The Bertz CT molecular complexity index is 414. The summed E-state index contributed by atoms with van der Waals surface area (Å²) in [5.74, 6) is -0.0799. The van der Waals surface area contributed by atoms with Crippen LogP contribution in [0, 0.1) is 5.92 Å². The van der Waals surface area contributed by atoms with Gasteiger partial charge in [-0.3, -0.25) is 0 Å². The van der Waals surface area contributed by atoms with Crippen LogP contribution < -0.4 is 10.5 Å². The van der Waals surface area contributed by atoms with Crippen LogP contribution in [0.3, 0.4) is 0 Å². The number of benzene rings is 1. The maximum atomic E-state index is 12.2. The smallest absolute Gasteiger partial charge is 0.406 e. The third kappa shape index (κ3) is 6.01. The van der Waals surface area contributed by atoms with Gasteiger partial charge in [0.2, 0.25) is 0 Å². The van der Waals surface area contributed by atoms with Crippen molar-refractivity contribution >= 4 is 28.3 Å². The van der Waals surface area contributed by atoms with E-state index >= 15 is 0 Å². The summed E-state index contributed by atoms with van der Waals surface area (Å²) in [6.07, 6.45) is -3.85. The Kier molecular flexibility index (Phi) is 7.18. The minimum Gasteiger partial charge on any atom is -0.406 e. The molecule has 2 nitrogen and oxygen atoms in total. The van der Waals surface area contributed by atoms with E-state index in [2.05, 4.69) is 20.7 Å². The van der Waals surface area contributed by atoms with E-state index in [1.165, 1.54) is 12.1 Å². The molecule has 0 heterocycles. The van der Waals surface area contributed by atoms with E-state index in [1.54, 1.807) is 6.07 Å². The van der Waals surface area contributed by atoms with E-state index in [0.29, 0.717) is 10.0 Å². The maximum absolute atomic E-state index is 12.2. The summed E-state index contributed by atoms with van der Waals surface area (Å²) < 4.78 is 40.9. The lowest BCUT2D eigenvalue weighted by Gasteiger charge is -2.20. The molecule has 2 atom stereocenters. The van der Waals surface area contributed by atoms with Crippen LogP contribution in [0.15, 0.2) is 22.7 Å². The normalized spacial score (nSPS) is 14.5. The second-order valence-electron chi connectivity index (χ2n) is 4.18. The molecule has 1 aromatic carbocycles. The molecule has 0 radical (unpaired) electrons. The average molecular weight is 363 g/mol. The van der Waals surface area contributed by atoms with Gasteiger partial charge in [0.25, 0.3) is 0 Å². The van der Waals surface area contributed by atoms with Crippen LogP contribution in [0.25, 0.3) is 0 Å². The molecular weight excluding hydrogens is 346 g/mol. The Labute approximate surface area is 125 Å². The first-order valence-electron chi connectivity index (χ1n) is 5.54. The van der Waals surface area contributed by atoms with Crippen LogP contribution in [0.4, 0.5) is 13.2 Å². The molecule has 1 aromatic rings. The predicted octanol–water partition coefficient (Wildman–Crippen LogP) is 4.82. The molecule has 0 saturated carbocycles. The molecule has 0 spiro atoms. The molecule has 0 amide bonds. The molecule has 19 heavy (non-hydrogen) atoms. The maximum Gasteiger partial charge on any atom is 0.573 e. The summed E-state index contributed by atoms with van der Waals surface area (Å²) in [5.41, 5.74) is 6.62. The van der Waals surface area contributed by atoms with Gasteiger partial charge in [0, 0.05) is 10.5 Å². The topological polar surface area (TPSA) is 35.2 Å². The highest BCUT2D eigenvalue weighted by atomic mass is 79.9. The van der Waals surface area contributed by atoms with Crippen molar-refractivity contribution in [2.24, 2.45) is 11.7 Å². The van der Waals surface area contributed by atoms with Crippen molar-refractivity contribution in [3.63, 3.8) is 0 Å².